The molecule has 0 spiro atoms. The van der Waals surface area contributed by atoms with E-state index in [-0.39, 0.29) is 24.4 Å². The Morgan fingerprint density at radius 2 is 1.81 bits per heavy atom. The molecule has 0 aliphatic carbocycles. The van der Waals surface area contributed by atoms with Crippen LogP contribution >= 0.6 is 15.9 Å². The molecule has 3 rings (SSSR count). The highest BCUT2D eigenvalue weighted by Crippen LogP contribution is 2.33. The number of nitrogens with zero attached hydrogens (tertiary/aromatic N) is 2. The molecular formula is C14H11BrF3N3. The fourth-order valence-electron chi connectivity index (χ4n) is 2.32. The Morgan fingerprint density at radius 3 is 2.48 bits per heavy atom. The molecule has 0 saturated heterocycles. The lowest BCUT2D eigenvalue weighted by Gasteiger charge is -2.12. The number of hydrogen-bond acceptors (Lipinski definition) is 3. The summed E-state index contributed by atoms with van der Waals surface area (Å²) in [5, 5.41) is 2.89. The molecule has 0 saturated carbocycles. The predicted molar refractivity (Wildman–Crippen MR) is 74.5 cm³/mol. The van der Waals surface area contributed by atoms with Crippen LogP contribution in [0.3, 0.4) is 0 Å². The van der Waals surface area contributed by atoms with Crippen molar-refractivity contribution in [1.82, 2.24) is 15.3 Å². The van der Waals surface area contributed by atoms with E-state index in [1.807, 2.05) is 24.3 Å². The van der Waals surface area contributed by atoms with Gasteiger partial charge in [-0.05, 0) is 17.7 Å². The van der Waals surface area contributed by atoms with Crippen molar-refractivity contribution < 1.29 is 13.2 Å². The van der Waals surface area contributed by atoms with Gasteiger partial charge < -0.3 is 5.32 Å². The third-order valence-electron chi connectivity index (χ3n) is 3.28. The molecule has 21 heavy (non-hydrogen) atoms. The van der Waals surface area contributed by atoms with Crippen molar-refractivity contribution in [2.75, 3.05) is 0 Å². The van der Waals surface area contributed by atoms with E-state index in [1.165, 1.54) is 0 Å². The van der Waals surface area contributed by atoms with Gasteiger partial charge in [0, 0.05) is 29.5 Å². The molecule has 0 unspecified atom stereocenters. The van der Waals surface area contributed by atoms with Gasteiger partial charge in [0.2, 0.25) is 0 Å². The van der Waals surface area contributed by atoms with Crippen LogP contribution in [-0.4, -0.2) is 9.97 Å². The lowest BCUT2D eigenvalue weighted by atomic mass is 10.1. The van der Waals surface area contributed by atoms with Crippen molar-refractivity contribution >= 4 is 15.9 Å². The van der Waals surface area contributed by atoms with Crippen LogP contribution in [0, 0.1) is 0 Å². The smallest absolute Gasteiger partial charge is 0.307 e. The highest BCUT2D eigenvalue weighted by molar-refractivity contribution is 9.10. The number of halogens is 4. The van der Waals surface area contributed by atoms with Crippen molar-refractivity contribution in [3.63, 3.8) is 0 Å². The Kier molecular flexibility index (Phi) is 3.71. The number of aromatic nitrogens is 2. The number of nitrogens with one attached hydrogen (secondary N) is 1. The molecule has 1 aromatic carbocycles. The average molecular weight is 358 g/mol. The first-order chi connectivity index (χ1) is 9.93. The zero-order chi connectivity index (χ0) is 15.0. The van der Waals surface area contributed by atoms with E-state index in [0.29, 0.717) is 12.2 Å². The van der Waals surface area contributed by atoms with Crippen molar-refractivity contribution in [3.8, 4) is 0 Å². The van der Waals surface area contributed by atoms with Gasteiger partial charge >= 0.3 is 6.18 Å². The van der Waals surface area contributed by atoms with Gasteiger partial charge in [-0.1, -0.05) is 28.1 Å². The Bertz CT molecular complexity index is 668. The third-order valence-corrected chi connectivity index (χ3v) is 3.81. The molecule has 0 radical (unpaired) electrons. The molecule has 110 valence electrons. The molecule has 1 aliphatic rings. The summed E-state index contributed by atoms with van der Waals surface area (Å²) in [6.45, 7) is 0.525. The van der Waals surface area contributed by atoms with E-state index in [2.05, 4.69) is 31.2 Å². The maximum atomic E-state index is 13.1. The van der Waals surface area contributed by atoms with Gasteiger partial charge in [0.25, 0.3) is 0 Å². The number of hydrogen-bond donors (Lipinski definition) is 1. The summed E-state index contributed by atoms with van der Waals surface area (Å²) >= 11 is 3.32. The van der Waals surface area contributed by atoms with Crippen LogP contribution in [-0.2, 0) is 25.7 Å². The van der Waals surface area contributed by atoms with E-state index in [9.17, 15) is 13.2 Å². The molecule has 0 atom stereocenters. The second-order valence-corrected chi connectivity index (χ2v) is 5.73. The molecule has 1 aromatic heterocycles. The number of benzene rings is 1. The number of fused-ring (bicyclic) bond motifs is 1. The van der Waals surface area contributed by atoms with E-state index in [1.54, 1.807) is 0 Å². The first-order valence-corrected chi connectivity index (χ1v) is 7.14. The van der Waals surface area contributed by atoms with Crippen LogP contribution in [0.1, 0.15) is 28.3 Å². The first-order valence-electron chi connectivity index (χ1n) is 6.34. The van der Waals surface area contributed by atoms with Crippen molar-refractivity contribution in [2.45, 2.75) is 25.7 Å². The second-order valence-electron chi connectivity index (χ2n) is 4.82. The molecule has 1 N–H and O–H groups in total. The highest BCUT2D eigenvalue weighted by Gasteiger charge is 2.38. The van der Waals surface area contributed by atoms with Crippen molar-refractivity contribution in [1.29, 1.82) is 0 Å². The van der Waals surface area contributed by atoms with Crippen LogP contribution in [0.5, 0.6) is 0 Å². The summed E-state index contributed by atoms with van der Waals surface area (Å²) in [7, 11) is 0. The van der Waals surface area contributed by atoms with Crippen LogP contribution < -0.4 is 5.32 Å². The Hall–Kier alpha value is -1.47. The molecular weight excluding hydrogens is 347 g/mol. The summed E-state index contributed by atoms with van der Waals surface area (Å²) in [6, 6.07) is 7.36. The van der Waals surface area contributed by atoms with Gasteiger partial charge in [-0.2, -0.15) is 13.2 Å². The van der Waals surface area contributed by atoms with Gasteiger partial charge in [0.1, 0.15) is 5.82 Å². The fourth-order valence-corrected chi connectivity index (χ4v) is 2.58. The molecule has 0 amide bonds. The minimum absolute atomic E-state index is 0.169. The van der Waals surface area contributed by atoms with Crippen LogP contribution in [0.25, 0.3) is 0 Å². The summed E-state index contributed by atoms with van der Waals surface area (Å²) < 4.78 is 40.2. The lowest BCUT2D eigenvalue weighted by Crippen LogP contribution is -2.16. The van der Waals surface area contributed by atoms with E-state index in [4.69, 9.17) is 0 Å². The van der Waals surface area contributed by atoms with Crippen LogP contribution in [0.2, 0.25) is 0 Å². The van der Waals surface area contributed by atoms with Gasteiger partial charge in [-0.15, -0.1) is 0 Å². The van der Waals surface area contributed by atoms with E-state index < -0.39 is 11.9 Å². The van der Waals surface area contributed by atoms with E-state index in [0.717, 1.165) is 10.0 Å². The normalized spacial score (nSPS) is 14.3. The summed E-state index contributed by atoms with van der Waals surface area (Å²) in [6.07, 6.45) is -4.17. The minimum atomic E-state index is -4.45. The Labute approximate surface area is 127 Å². The maximum Gasteiger partial charge on any atom is 0.433 e. The average Bonchev–Trinajstić information content (AvgIpc) is 2.87. The lowest BCUT2D eigenvalue weighted by molar-refractivity contribution is -0.142. The molecule has 0 bridgehead atoms. The SMILES string of the molecule is FC(F)(F)c1nc(Cc2ccc(Br)cc2)nc2c1CNC2. The van der Waals surface area contributed by atoms with Gasteiger partial charge in [-0.3, -0.25) is 0 Å². The number of rotatable bonds is 2. The molecule has 1 aliphatic heterocycles. The Balaban J connectivity index is 1.98. The van der Waals surface area contributed by atoms with Crippen LogP contribution in [0.15, 0.2) is 28.7 Å². The van der Waals surface area contributed by atoms with Crippen LogP contribution in [0.4, 0.5) is 13.2 Å². The van der Waals surface area contributed by atoms with Gasteiger partial charge in [0.15, 0.2) is 5.69 Å². The monoisotopic (exact) mass is 357 g/mol. The fraction of sp³-hybridized carbons (Fsp3) is 0.286. The summed E-state index contributed by atoms with van der Waals surface area (Å²) in [4.78, 5) is 8.01. The standard InChI is InChI=1S/C14H11BrF3N3/c15-9-3-1-8(2-4-9)5-12-20-11-7-19-6-10(11)13(21-12)14(16,17)18/h1-4,19H,5-7H2. The Morgan fingerprint density at radius 1 is 1.10 bits per heavy atom. The first kappa shape index (κ1) is 14.5. The second kappa shape index (κ2) is 5.38. The number of alkyl halides is 3. The van der Waals surface area contributed by atoms with Crippen molar-refractivity contribution in [2.24, 2.45) is 0 Å². The topological polar surface area (TPSA) is 37.8 Å². The quantitative estimate of drug-likeness (QED) is 0.894. The zero-order valence-electron chi connectivity index (χ0n) is 10.8. The van der Waals surface area contributed by atoms with Gasteiger partial charge in [-0.25, -0.2) is 9.97 Å². The molecule has 2 aromatic rings. The zero-order valence-corrected chi connectivity index (χ0v) is 12.4. The van der Waals surface area contributed by atoms with E-state index >= 15 is 0 Å². The maximum absolute atomic E-state index is 13.1. The molecule has 0 fully saturated rings. The molecule has 2 heterocycles. The molecule has 3 nitrogen and oxygen atoms in total. The highest BCUT2D eigenvalue weighted by atomic mass is 79.9. The third kappa shape index (κ3) is 3.08. The van der Waals surface area contributed by atoms with Gasteiger partial charge in [0.05, 0.1) is 5.69 Å². The summed E-state index contributed by atoms with van der Waals surface area (Å²) in [5.74, 6) is 0.201. The predicted octanol–water partition coefficient (Wildman–Crippen LogP) is 3.45. The molecule has 7 heteroatoms. The largest absolute Gasteiger partial charge is 0.433 e. The van der Waals surface area contributed by atoms with Crippen molar-refractivity contribution in [3.05, 3.63) is 57.1 Å². The summed E-state index contributed by atoms with van der Waals surface area (Å²) in [5.41, 5.74) is 0.674. The minimum Gasteiger partial charge on any atom is -0.307 e.